The number of unbranched alkanes of at least 4 members (excludes halogenated alkanes) is 1. The molecule has 4 rings (SSSR count). The number of fused-ring (bicyclic) bond motifs is 1. The van der Waals surface area contributed by atoms with Crippen LogP contribution in [0.15, 0.2) is 54.2 Å². The second kappa shape index (κ2) is 8.47. The van der Waals surface area contributed by atoms with E-state index in [1.807, 2.05) is 31.2 Å². The standard InChI is InChI=1S/C24H23ClN2O4/c1-3-4-11-27-21(17-13-26-18-8-6-5-7-15(17)18)20(23(29)24(27)30)22(28)16-12-14(25)9-10-19(16)31-2/h5-10,12-13,21,26,28H,3-4,11H2,1-2H3/b22-20+. The molecule has 0 aliphatic carbocycles. The summed E-state index contributed by atoms with van der Waals surface area (Å²) in [6.07, 6.45) is 3.40. The molecular weight excluding hydrogens is 416 g/mol. The number of methoxy groups -OCH3 is 1. The number of H-pyrrole nitrogens is 1. The van der Waals surface area contributed by atoms with Gasteiger partial charge in [0.25, 0.3) is 11.7 Å². The highest BCUT2D eigenvalue weighted by atomic mass is 35.5. The van der Waals surface area contributed by atoms with Crippen LogP contribution in [0, 0.1) is 0 Å². The minimum Gasteiger partial charge on any atom is -0.507 e. The van der Waals surface area contributed by atoms with Gasteiger partial charge in [0, 0.05) is 34.2 Å². The molecule has 2 heterocycles. The Morgan fingerprint density at radius 1 is 1.23 bits per heavy atom. The number of benzene rings is 2. The van der Waals surface area contributed by atoms with Crippen LogP contribution < -0.4 is 4.74 Å². The maximum Gasteiger partial charge on any atom is 0.295 e. The van der Waals surface area contributed by atoms with Crippen molar-refractivity contribution in [3.05, 3.63) is 70.4 Å². The highest BCUT2D eigenvalue weighted by molar-refractivity contribution is 6.46. The number of carbonyl (C=O) groups excluding carboxylic acids is 2. The van der Waals surface area contributed by atoms with Gasteiger partial charge >= 0.3 is 0 Å². The van der Waals surface area contributed by atoms with Gasteiger partial charge in [0.2, 0.25) is 0 Å². The summed E-state index contributed by atoms with van der Waals surface area (Å²) in [7, 11) is 1.47. The first-order valence-corrected chi connectivity index (χ1v) is 10.5. The number of amides is 1. The van der Waals surface area contributed by atoms with Crippen molar-refractivity contribution in [1.29, 1.82) is 0 Å². The summed E-state index contributed by atoms with van der Waals surface area (Å²) in [5, 5.41) is 12.5. The van der Waals surface area contributed by atoms with E-state index in [0.29, 0.717) is 17.3 Å². The fourth-order valence-electron chi connectivity index (χ4n) is 4.09. The van der Waals surface area contributed by atoms with Crippen molar-refractivity contribution < 1.29 is 19.4 Å². The third-order valence-corrected chi connectivity index (χ3v) is 5.86. The van der Waals surface area contributed by atoms with Gasteiger partial charge in [-0.1, -0.05) is 43.1 Å². The first-order valence-electron chi connectivity index (χ1n) is 10.2. The number of hydrogen-bond donors (Lipinski definition) is 2. The van der Waals surface area contributed by atoms with E-state index < -0.39 is 17.7 Å². The molecule has 31 heavy (non-hydrogen) atoms. The van der Waals surface area contributed by atoms with Crippen LogP contribution in [0.2, 0.25) is 5.02 Å². The summed E-state index contributed by atoms with van der Waals surface area (Å²) in [6, 6.07) is 11.7. The number of carbonyl (C=O) groups is 2. The zero-order valence-electron chi connectivity index (χ0n) is 17.3. The summed E-state index contributed by atoms with van der Waals surface area (Å²) < 4.78 is 5.36. The van der Waals surface area contributed by atoms with Crippen molar-refractivity contribution in [2.45, 2.75) is 25.8 Å². The second-order valence-electron chi connectivity index (χ2n) is 7.48. The summed E-state index contributed by atoms with van der Waals surface area (Å²) in [6.45, 7) is 2.43. The number of halogens is 1. The Morgan fingerprint density at radius 3 is 2.74 bits per heavy atom. The maximum atomic E-state index is 13.1. The third kappa shape index (κ3) is 3.57. The van der Waals surface area contributed by atoms with Gasteiger partial charge in [0.1, 0.15) is 11.5 Å². The van der Waals surface area contributed by atoms with E-state index in [1.54, 1.807) is 23.2 Å². The number of aliphatic hydroxyl groups excluding tert-OH is 1. The molecule has 1 aromatic heterocycles. The Kier molecular flexibility index (Phi) is 5.74. The average molecular weight is 439 g/mol. The number of aromatic nitrogens is 1. The zero-order valence-corrected chi connectivity index (χ0v) is 18.1. The lowest BCUT2D eigenvalue weighted by Crippen LogP contribution is -2.30. The smallest absolute Gasteiger partial charge is 0.295 e. The average Bonchev–Trinajstić information content (AvgIpc) is 3.30. The number of aromatic amines is 1. The summed E-state index contributed by atoms with van der Waals surface area (Å²) in [5.41, 5.74) is 1.95. The molecule has 7 heteroatoms. The van der Waals surface area contributed by atoms with E-state index in [2.05, 4.69) is 4.98 Å². The molecule has 0 bridgehead atoms. The Labute approximate surface area is 185 Å². The Hall–Kier alpha value is -3.25. The molecule has 1 aliphatic heterocycles. The number of hydrogen-bond acceptors (Lipinski definition) is 4. The molecule has 1 fully saturated rings. The first kappa shape index (κ1) is 21.0. The first-order chi connectivity index (χ1) is 15.0. The van der Waals surface area contributed by atoms with Crippen LogP contribution in [0.1, 0.15) is 36.9 Å². The van der Waals surface area contributed by atoms with E-state index in [9.17, 15) is 14.7 Å². The van der Waals surface area contributed by atoms with Crippen LogP contribution in [-0.2, 0) is 9.59 Å². The molecule has 6 nitrogen and oxygen atoms in total. The lowest BCUT2D eigenvalue weighted by molar-refractivity contribution is -0.139. The van der Waals surface area contributed by atoms with Crippen LogP contribution >= 0.6 is 11.6 Å². The second-order valence-corrected chi connectivity index (χ2v) is 7.92. The van der Waals surface area contributed by atoms with Crippen LogP contribution in [0.3, 0.4) is 0 Å². The van der Waals surface area contributed by atoms with E-state index in [4.69, 9.17) is 16.3 Å². The number of Topliss-reactive ketones (excluding diaryl/α,β-unsaturated/α-hetero) is 1. The van der Waals surface area contributed by atoms with Crippen LogP contribution in [0.25, 0.3) is 16.7 Å². The topological polar surface area (TPSA) is 82.6 Å². The van der Waals surface area contributed by atoms with Gasteiger partial charge in [-0.05, 0) is 30.7 Å². The molecule has 1 unspecified atom stereocenters. The Balaban J connectivity index is 1.96. The predicted octanol–water partition coefficient (Wildman–Crippen LogP) is 5.05. The molecule has 1 atom stereocenters. The minimum atomic E-state index is -0.717. The Bertz CT molecular complexity index is 1200. The van der Waals surface area contributed by atoms with Crippen LogP contribution in [0.5, 0.6) is 5.75 Å². The number of para-hydroxylation sites is 1. The van der Waals surface area contributed by atoms with Crippen molar-refractivity contribution in [2.75, 3.05) is 13.7 Å². The fraction of sp³-hybridized carbons (Fsp3) is 0.250. The zero-order chi connectivity index (χ0) is 22.1. The third-order valence-electron chi connectivity index (χ3n) is 5.63. The molecule has 1 aliphatic rings. The number of aliphatic hydroxyl groups is 1. The lowest BCUT2D eigenvalue weighted by Gasteiger charge is -2.25. The molecule has 2 aromatic carbocycles. The minimum absolute atomic E-state index is 0.0337. The normalized spacial score (nSPS) is 18.2. The number of likely N-dealkylation sites (tertiary alicyclic amines) is 1. The molecule has 1 amide bonds. The molecule has 3 aromatic rings. The van der Waals surface area contributed by atoms with Gasteiger partial charge in [-0.2, -0.15) is 0 Å². The molecule has 0 saturated carbocycles. The quantitative estimate of drug-likeness (QED) is 0.320. The number of nitrogens with one attached hydrogen (secondary N) is 1. The highest BCUT2D eigenvalue weighted by Crippen LogP contribution is 2.43. The van der Waals surface area contributed by atoms with E-state index in [1.165, 1.54) is 13.2 Å². The van der Waals surface area contributed by atoms with Crippen molar-refractivity contribution in [2.24, 2.45) is 0 Å². The Morgan fingerprint density at radius 2 is 2.00 bits per heavy atom. The van der Waals surface area contributed by atoms with Crippen molar-refractivity contribution >= 4 is 40.0 Å². The largest absolute Gasteiger partial charge is 0.507 e. The van der Waals surface area contributed by atoms with Gasteiger partial charge in [0.05, 0.1) is 24.3 Å². The van der Waals surface area contributed by atoms with Gasteiger partial charge in [-0.3, -0.25) is 9.59 Å². The van der Waals surface area contributed by atoms with Crippen LogP contribution in [-0.4, -0.2) is 40.3 Å². The van der Waals surface area contributed by atoms with Crippen molar-refractivity contribution in [1.82, 2.24) is 9.88 Å². The monoisotopic (exact) mass is 438 g/mol. The summed E-state index contributed by atoms with van der Waals surface area (Å²) >= 11 is 6.14. The van der Waals surface area contributed by atoms with Crippen molar-refractivity contribution in [3.63, 3.8) is 0 Å². The predicted molar refractivity (Wildman–Crippen MR) is 120 cm³/mol. The molecule has 1 saturated heterocycles. The summed E-state index contributed by atoms with van der Waals surface area (Å²) in [4.78, 5) is 30.9. The fourth-order valence-corrected chi connectivity index (χ4v) is 4.27. The number of ketones is 1. The lowest BCUT2D eigenvalue weighted by atomic mass is 9.94. The van der Waals surface area contributed by atoms with E-state index >= 15 is 0 Å². The molecular formula is C24H23ClN2O4. The maximum absolute atomic E-state index is 13.1. The van der Waals surface area contributed by atoms with Crippen LogP contribution in [0.4, 0.5) is 0 Å². The van der Waals surface area contributed by atoms with Gasteiger partial charge < -0.3 is 19.7 Å². The van der Waals surface area contributed by atoms with Gasteiger partial charge in [-0.15, -0.1) is 0 Å². The van der Waals surface area contributed by atoms with Crippen molar-refractivity contribution in [3.8, 4) is 5.75 Å². The molecule has 0 spiro atoms. The molecule has 0 radical (unpaired) electrons. The molecule has 2 N–H and O–H groups in total. The highest BCUT2D eigenvalue weighted by Gasteiger charge is 2.46. The van der Waals surface area contributed by atoms with Gasteiger partial charge in [0.15, 0.2) is 0 Å². The van der Waals surface area contributed by atoms with E-state index in [-0.39, 0.29) is 16.9 Å². The number of rotatable bonds is 6. The SMILES string of the molecule is CCCCN1C(=O)C(=O)/C(=C(/O)c2cc(Cl)ccc2OC)C1c1c[nH]c2ccccc12. The number of ether oxygens (including phenoxy) is 1. The number of nitrogens with zero attached hydrogens (tertiary/aromatic N) is 1. The van der Waals surface area contributed by atoms with E-state index in [0.717, 1.165) is 29.3 Å². The summed E-state index contributed by atoms with van der Waals surface area (Å²) in [5.74, 6) is -1.27. The van der Waals surface area contributed by atoms with Gasteiger partial charge in [-0.25, -0.2) is 0 Å². The molecule has 160 valence electrons.